The van der Waals surface area contributed by atoms with Crippen LogP contribution in [-0.4, -0.2) is 16.1 Å². The van der Waals surface area contributed by atoms with Crippen LogP contribution in [0.2, 0.25) is 0 Å². The van der Waals surface area contributed by atoms with Crippen molar-refractivity contribution in [2.75, 3.05) is 5.73 Å². The van der Waals surface area contributed by atoms with Gasteiger partial charge in [0.2, 0.25) is 0 Å². The summed E-state index contributed by atoms with van der Waals surface area (Å²) >= 11 is 2.84. The van der Waals surface area contributed by atoms with Crippen LogP contribution in [0.15, 0.2) is 32.8 Å². The van der Waals surface area contributed by atoms with Crippen LogP contribution < -0.4 is 5.73 Å². The molecule has 0 unspecified atom stereocenters. The second-order valence-electron chi connectivity index (χ2n) is 3.42. The number of benzene rings is 1. The fourth-order valence-electron chi connectivity index (χ4n) is 1.28. The highest BCUT2D eigenvalue weighted by Crippen LogP contribution is 2.33. The quantitative estimate of drug-likeness (QED) is 0.835. The normalized spacial score (nSPS) is 10.4. The fraction of sp³-hybridized carbons (Fsp3) is 0.0909. The maximum absolute atomic E-state index is 11.1. The van der Waals surface area contributed by atoms with Gasteiger partial charge in [-0.2, -0.15) is 0 Å². The first-order chi connectivity index (χ1) is 8.06. The minimum atomic E-state index is -0.979. The van der Waals surface area contributed by atoms with Crippen molar-refractivity contribution in [1.82, 2.24) is 4.98 Å². The van der Waals surface area contributed by atoms with Crippen LogP contribution in [0.4, 0.5) is 5.69 Å². The molecule has 6 heteroatoms. The molecular weight excluding hydrogens is 256 g/mol. The molecule has 0 saturated heterocycles. The summed E-state index contributed by atoms with van der Waals surface area (Å²) in [4.78, 5) is 16.0. The number of carbonyl (C=O) groups is 1. The molecule has 0 amide bonds. The fourth-order valence-corrected chi connectivity index (χ4v) is 3.17. The summed E-state index contributed by atoms with van der Waals surface area (Å²) in [6, 6.07) is 4.86. The molecule has 0 aliphatic carbocycles. The summed E-state index contributed by atoms with van der Waals surface area (Å²) in [5.74, 6) is -0.979. The number of hydrogen-bond donors (Lipinski definition) is 2. The molecule has 1 aromatic heterocycles. The third-order valence-electron chi connectivity index (χ3n) is 2.03. The first-order valence-corrected chi connectivity index (χ1v) is 6.48. The van der Waals surface area contributed by atoms with Crippen molar-refractivity contribution in [3.05, 3.63) is 34.8 Å². The summed E-state index contributed by atoms with van der Waals surface area (Å²) in [5, 5.41) is 11.0. The summed E-state index contributed by atoms with van der Waals surface area (Å²) in [6.45, 7) is 1.90. The highest BCUT2D eigenvalue weighted by Gasteiger charge is 2.13. The van der Waals surface area contributed by atoms with E-state index in [4.69, 9.17) is 10.8 Å². The summed E-state index contributed by atoms with van der Waals surface area (Å²) in [7, 11) is 0. The molecule has 0 radical (unpaired) electrons. The summed E-state index contributed by atoms with van der Waals surface area (Å²) in [5.41, 5.74) is 7.17. The molecule has 0 bridgehead atoms. The van der Waals surface area contributed by atoms with E-state index in [0.29, 0.717) is 10.6 Å². The lowest BCUT2D eigenvalue weighted by atomic mass is 10.2. The Kier molecular flexibility index (Phi) is 3.35. The van der Waals surface area contributed by atoms with Crippen LogP contribution in [0, 0.1) is 6.92 Å². The third-order valence-corrected chi connectivity index (χ3v) is 4.16. The number of aryl methyl sites for hydroxylation is 1. The molecule has 0 saturated carbocycles. The molecule has 4 nitrogen and oxygen atoms in total. The molecule has 17 heavy (non-hydrogen) atoms. The molecule has 2 rings (SSSR count). The number of hydrogen-bond acceptors (Lipinski definition) is 5. The van der Waals surface area contributed by atoms with Crippen molar-refractivity contribution in [3.8, 4) is 0 Å². The third kappa shape index (κ3) is 2.78. The van der Waals surface area contributed by atoms with Gasteiger partial charge in [-0.3, -0.25) is 0 Å². The van der Waals surface area contributed by atoms with Gasteiger partial charge in [0.15, 0.2) is 4.34 Å². The Bertz CT molecular complexity index is 566. The Balaban J connectivity index is 2.35. The highest BCUT2D eigenvalue weighted by atomic mass is 32.2. The molecule has 0 aliphatic heterocycles. The number of thiazole rings is 1. The molecule has 0 aliphatic rings. The molecule has 0 atom stereocenters. The number of nitrogen functional groups attached to an aromatic ring is 1. The van der Waals surface area contributed by atoms with Crippen molar-refractivity contribution in [1.29, 1.82) is 0 Å². The van der Waals surface area contributed by atoms with Gasteiger partial charge in [-0.15, -0.1) is 11.3 Å². The van der Waals surface area contributed by atoms with E-state index in [1.807, 2.05) is 12.3 Å². The van der Waals surface area contributed by atoms with Gasteiger partial charge in [-0.05, 0) is 25.1 Å². The van der Waals surface area contributed by atoms with Gasteiger partial charge in [0.25, 0.3) is 0 Å². The van der Waals surface area contributed by atoms with Crippen molar-refractivity contribution < 1.29 is 9.90 Å². The molecule has 1 aromatic carbocycles. The van der Waals surface area contributed by atoms with E-state index in [0.717, 1.165) is 10.0 Å². The Labute approximate surface area is 106 Å². The number of aromatic carboxylic acids is 1. The topological polar surface area (TPSA) is 76.2 Å². The lowest BCUT2D eigenvalue weighted by molar-refractivity contribution is 0.0693. The lowest BCUT2D eigenvalue weighted by Crippen LogP contribution is -2.00. The Morgan fingerprint density at radius 2 is 2.29 bits per heavy atom. The average molecular weight is 266 g/mol. The standard InChI is InChI=1S/C11H10N2O2S2/c1-6-5-16-11(13-6)17-9-3-2-7(12)4-8(9)10(14)15/h2-5H,12H2,1H3,(H,14,15). The zero-order valence-corrected chi connectivity index (χ0v) is 10.6. The maximum atomic E-state index is 11.1. The Morgan fingerprint density at radius 1 is 1.53 bits per heavy atom. The largest absolute Gasteiger partial charge is 0.478 e. The first-order valence-electron chi connectivity index (χ1n) is 4.79. The molecular formula is C11H10N2O2S2. The SMILES string of the molecule is Cc1csc(Sc2ccc(N)cc2C(=O)O)n1. The van der Waals surface area contributed by atoms with Gasteiger partial charge < -0.3 is 10.8 Å². The second-order valence-corrected chi connectivity index (χ2v) is 5.56. The van der Waals surface area contributed by atoms with Crippen LogP contribution in [0.3, 0.4) is 0 Å². The zero-order chi connectivity index (χ0) is 12.4. The van der Waals surface area contributed by atoms with Crippen LogP contribution in [0.5, 0.6) is 0 Å². The van der Waals surface area contributed by atoms with Crippen LogP contribution in [-0.2, 0) is 0 Å². The molecule has 0 spiro atoms. The second kappa shape index (κ2) is 4.77. The van der Waals surface area contributed by atoms with Gasteiger partial charge in [0.1, 0.15) is 0 Å². The number of nitrogens with zero attached hydrogens (tertiary/aromatic N) is 1. The van der Waals surface area contributed by atoms with E-state index in [1.54, 1.807) is 12.1 Å². The minimum Gasteiger partial charge on any atom is -0.478 e. The number of aromatic nitrogens is 1. The lowest BCUT2D eigenvalue weighted by Gasteiger charge is -2.04. The number of rotatable bonds is 3. The van der Waals surface area contributed by atoms with E-state index in [-0.39, 0.29) is 5.56 Å². The Morgan fingerprint density at radius 3 is 2.88 bits per heavy atom. The number of carboxylic acid groups (broad SMARTS) is 1. The van der Waals surface area contributed by atoms with Gasteiger partial charge in [-0.25, -0.2) is 9.78 Å². The number of nitrogens with two attached hydrogens (primary N) is 1. The minimum absolute atomic E-state index is 0.211. The van der Waals surface area contributed by atoms with Crippen LogP contribution in [0.1, 0.15) is 16.1 Å². The van der Waals surface area contributed by atoms with E-state index in [1.165, 1.54) is 29.2 Å². The molecule has 3 N–H and O–H groups in total. The van der Waals surface area contributed by atoms with Crippen molar-refractivity contribution in [2.24, 2.45) is 0 Å². The van der Waals surface area contributed by atoms with Crippen LogP contribution in [0.25, 0.3) is 0 Å². The molecule has 88 valence electrons. The van der Waals surface area contributed by atoms with Gasteiger partial charge in [0.05, 0.1) is 5.56 Å². The van der Waals surface area contributed by atoms with Crippen LogP contribution >= 0.6 is 23.1 Å². The predicted octanol–water partition coefficient (Wildman–Crippen LogP) is 2.88. The van der Waals surface area contributed by atoms with Crippen molar-refractivity contribution in [2.45, 2.75) is 16.2 Å². The summed E-state index contributed by atoms with van der Waals surface area (Å²) in [6.07, 6.45) is 0. The smallest absolute Gasteiger partial charge is 0.336 e. The van der Waals surface area contributed by atoms with E-state index >= 15 is 0 Å². The molecule has 2 aromatic rings. The van der Waals surface area contributed by atoms with Crippen molar-refractivity contribution >= 4 is 34.8 Å². The average Bonchev–Trinajstić information content (AvgIpc) is 2.66. The van der Waals surface area contributed by atoms with E-state index in [2.05, 4.69) is 4.98 Å². The van der Waals surface area contributed by atoms with E-state index < -0.39 is 5.97 Å². The monoisotopic (exact) mass is 266 g/mol. The maximum Gasteiger partial charge on any atom is 0.336 e. The number of carboxylic acids is 1. The van der Waals surface area contributed by atoms with Gasteiger partial charge in [0, 0.05) is 21.7 Å². The first kappa shape index (κ1) is 11.9. The molecule has 1 heterocycles. The van der Waals surface area contributed by atoms with Gasteiger partial charge in [-0.1, -0.05) is 11.8 Å². The Hall–Kier alpha value is -1.53. The summed E-state index contributed by atoms with van der Waals surface area (Å²) < 4.78 is 0.828. The zero-order valence-electron chi connectivity index (χ0n) is 9.01. The number of anilines is 1. The predicted molar refractivity (Wildman–Crippen MR) is 68.8 cm³/mol. The highest BCUT2D eigenvalue weighted by molar-refractivity contribution is 8.01. The van der Waals surface area contributed by atoms with Crippen molar-refractivity contribution in [3.63, 3.8) is 0 Å². The molecule has 0 fully saturated rings. The van der Waals surface area contributed by atoms with Gasteiger partial charge >= 0.3 is 5.97 Å². The van der Waals surface area contributed by atoms with E-state index in [9.17, 15) is 4.79 Å².